The van der Waals surface area contributed by atoms with Crippen LogP contribution in [0.1, 0.15) is 37.2 Å². The number of rotatable bonds is 9. The number of hydrogen-bond donors (Lipinski definition) is 3. The lowest BCUT2D eigenvalue weighted by molar-refractivity contribution is 0.0642. The number of nitrogens with zero attached hydrogens (tertiary/aromatic N) is 2. The number of hydrogen-bond acceptors (Lipinski definition) is 9. The zero-order valence-corrected chi connectivity index (χ0v) is 21.7. The molecule has 12 heteroatoms. The van der Waals surface area contributed by atoms with Crippen LogP contribution >= 0.6 is 11.3 Å². The molecule has 0 unspecified atom stereocenters. The Morgan fingerprint density at radius 3 is 2.69 bits per heavy atom. The van der Waals surface area contributed by atoms with Gasteiger partial charge in [-0.1, -0.05) is 0 Å². The van der Waals surface area contributed by atoms with E-state index in [2.05, 4.69) is 20.6 Å². The Balaban J connectivity index is 1.45. The summed E-state index contributed by atoms with van der Waals surface area (Å²) >= 11 is 1.34. The van der Waals surface area contributed by atoms with Crippen LogP contribution in [0.4, 0.5) is 10.8 Å². The van der Waals surface area contributed by atoms with Crippen LogP contribution in [0.2, 0.25) is 0 Å². The van der Waals surface area contributed by atoms with Crippen molar-refractivity contribution in [2.24, 2.45) is 11.1 Å². The lowest BCUT2D eigenvalue weighted by atomic mass is 10.0. The highest BCUT2D eigenvalue weighted by molar-refractivity contribution is 7.89. The first-order valence-electron chi connectivity index (χ1n) is 11.6. The van der Waals surface area contributed by atoms with Gasteiger partial charge in [-0.3, -0.25) is 9.78 Å². The molecule has 1 aliphatic heterocycles. The number of aromatic nitrogens is 2. The number of nitrogens with two attached hydrogens (primary N) is 1. The van der Waals surface area contributed by atoms with E-state index in [1.54, 1.807) is 24.4 Å². The van der Waals surface area contributed by atoms with Crippen molar-refractivity contribution in [1.29, 1.82) is 0 Å². The second-order valence-electron chi connectivity index (χ2n) is 8.73. The summed E-state index contributed by atoms with van der Waals surface area (Å²) in [5, 5.41) is 13.7. The van der Waals surface area contributed by atoms with E-state index >= 15 is 0 Å². The van der Waals surface area contributed by atoms with Crippen molar-refractivity contribution < 1.29 is 22.7 Å². The molecule has 10 nitrogen and oxygen atoms in total. The van der Waals surface area contributed by atoms with Crippen LogP contribution in [-0.4, -0.2) is 50.2 Å². The smallest absolute Gasteiger partial charge is 0.269 e. The van der Waals surface area contributed by atoms with E-state index < -0.39 is 10.0 Å². The summed E-state index contributed by atoms with van der Waals surface area (Å²) in [6.45, 7) is 5.84. The third kappa shape index (κ3) is 6.78. The maximum Gasteiger partial charge on any atom is 0.269 e. The number of ether oxygens (including phenoxy) is 2. The second-order valence-corrected chi connectivity index (χ2v) is 11.1. The number of carbonyl (C=O) groups is 1. The van der Waals surface area contributed by atoms with Gasteiger partial charge in [0.1, 0.15) is 11.4 Å². The van der Waals surface area contributed by atoms with Gasteiger partial charge in [0, 0.05) is 36.9 Å². The molecule has 0 radical (unpaired) electrons. The Bertz CT molecular complexity index is 1300. The number of nitrogens with one attached hydrogen (secondary N) is 2. The lowest BCUT2D eigenvalue weighted by Crippen LogP contribution is -2.32. The molecule has 0 bridgehead atoms. The van der Waals surface area contributed by atoms with E-state index in [4.69, 9.17) is 14.6 Å². The zero-order chi connectivity index (χ0) is 25.7. The molecular formula is C24H29N5O5S2. The van der Waals surface area contributed by atoms with Gasteiger partial charge in [0.25, 0.3) is 5.91 Å². The van der Waals surface area contributed by atoms with Gasteiger partial charge in [-0.2, -0.15) is 0 Å². The summed E-state index contributed by atoms with van der Waals surface area (Å²) in [4.78, 5) is 21.3. The number of carbonyl (C=O) groups excluding carboxylic acids is 1. The fourth-order valence-electron chi connectivity index (χ4n) is 3.68. The van der Waals surface area contributed by atoms with Crippen molar-refractivity contribution in [3.63, 3.8) is 0 Å². The first-order valence-corrected chi connectivity index (χ1v) is 14.0. The summed E-state index contributed by atoms with van der Waals surface area (Å²) in [5.74, 6) is 0.702. The zero-order valence-electron chi connectivity index (χ0n) is 20.1. The van der Waals surface area contributed by atoms with E-state index in [0.717, 1.165) is 31.6 Å². The number of sulfonamides is 1. The van der Waals surface area contributed by atoms with E-state index in [1.165, 1.54) is 23.5 Å². The highest BCUT2D eigenvalue weighted by Crippen LogP contribution is 2.33. The minimum Gasteiger partial charge on any atom is -0.489 e. The summed E-state index contributed by atoms with van der Waals surface area (Å²) in [5.41, 5.74) is 2.19. The summed E-state index contributed by atoms with van der Waals surface area (Å²) in [7, 11) is -3.88. The average Bonchev–Trinajstić information content (AvgIpc) is 3.32. The molecule has 1 aliphatic rings. The van der Waals surface area contributed by atoms with Gasteiger partial charge < -0.3 is 20.1 Å². The van der Waals surface area contributed by atoms with E-state index in [-0.39, 0.29) is 16.9 Å². The predicted molar refractivity (Wildman–Crippen MR) is 138 cm³/mol. The lowest BCUT2D eigenvalue weighted by Gasteiger charge is -2.22. The number of thiazole rings is 1. The van der Waals surface area contributed by atoms with E-state index in [9.17, 15) is 13.2 Å². The SMILES string of the molecule is CC(C)Oc1ccc(S(N)(=O)=O)cc1Nc1nc(-c2ccc(C(=O)NCC3CCOCC3)nc2)cs1. The maximum atomic E-state index is 12.5. The average molecular weight is 532 g/mol. The first kappa shape index (κ1) is 26.0. The van der Waals surface area contributed by atoms with Crippen LogP contribution < -0.4 is 20.5 Å². The van der Waals surface area contributed by atoms with Gasteiger partial charge in [-0.05, 0) is 62.9 Å². The molecular weight excluding hydrogens is 502 g/mol. The van der Waals surface area contributed by atoms with Crippen LogP contribution in [0.5, 0.6) is 5.75 Å². The second kappa shape index (κ2) is 11.3. The number of amides is 1. The van der Waals surface area contributed by atoms with E-state index in [0.29, 0.717) is 40.4 Å². The molecule has 0 atom stereocenters. The molecule has 192 valence electrons. The van der Waals surface area contributed by atoms with Crippen molar-refractivity contribution in [3.05, 3.63) is 47.6 Å². The number of anilines is 2. The third-order valence-electron chi connectivity index (χ3n) is 5.57. The van der Waals surface area contributed by atoms with Crippen molar-refractivity contribution in [1.82, 2.24) is 15.3 Å². The molecule has 1 amide bonds. The Morgan fingerprint density at radius 2 is 2.03 bits per heavy atom. The standard InChI is InChI=1S/C24H29N5O5S2/c1-15(2)34-22-6-4-18(36(25,31)32)11-20(22)28-24-29-21(14-35-24)17-3-5-19(26-13-17)23(30)27-12-16-7-9-33-10-8-16/h3-6,11,13-16H,7-10,12H2,1-2H3,(H,27,30)(H,28,29)(H2,25,31,32). The molecule has 0 aliphatic carbocycles. The molecule has 3 aromatic rings. The highest BCUT2D eigenvalue weighted by atomic mass is 32.2. The maximum absolute atomic E-state index is 12.5. The highest BCUT2D eigenvalue weighted by Gasteiger charge is 2.17. The van der Waals surface area contributed by atoms with Gasteiger partial charge in [0.05, 0.1) is 22.4 Å². The van der Waals surface area contributed by atoms with Crippen molar-refractivity contribution in [2.45, 2.75) is 37.7 Å². The van der Waals surface area contributed by atoms with Crippen LogP contribution in [0.3, 0.4) is 0 Å². The van der Waals surface area contributed by atoms with Crippen molar-refractivity contribution in [2.75, 3.05) is 25.1 Å². The van der Waals surface area contributed by atoms with Gasteiger partial charge in [0.2, 0.25) is 10.0 Å². The minimum atomic E-state index is -3.88. The number of pyridine rings is 1. The molecule has 36 heavy (non-hydrogen) atoms. The fourth-order valence-corrected chi connectivity index (χ4v) is 4.95. The molecule has 4 N–H and O–H groups in total. The van der Waals surface area contributed by atoms with E-state index in [1.807, 2.05) is 19.2 Å². The normalized spacial score (nSPS) is 14.6. The van der Waals surface area contributed by atoms with Crippen molar-refractivity contribution in [3.8, 4) is 17.0 Å². The van der Waals surface area contributed by atoms with Gasteiger partial charge in [-0.25, -0.2) is 18.5 Å². The topological polar surface area (TPSA) is 146 Å². The summed E-state index contributed by atoms with van der Waals surface area (Å²) in [6.07, 6.45) is 3.39. The summed E-state index contributed by atoms with van der Waals surface area (Å²) < 4.78 is 34.8. The van der Waals surface area contributed by atoms with Crippen LogP contribution in [-0.2, 0) is 14.8 Å². The number of benzene rings is 1. The van der Waals surface area contributed by atoms with Crippen molar-refractivity contribution >= 4 is 38.1 Å². The molecule has 3 heterocycles. The fraction of sp³-hybridized carbons (Fsp3) is 0.375. The molecule has 1 fully saturated rings. The van der Waals surface area contributed by atoms with Crippen LogP contribution in [0, 0.1) is 5.92 Å². The molecule has 4 rings (SSSR count). The minimum absolute atomic E-state index is 0.0345. The summed E-state index contributed by atoms with van der Waals surface area (Å²) in [6, 6.07) is 7.85. The van der Waals surface area contributed by atoms with Gasteiger partial charge >= 0.3 is 0 Å². The molecule has 1 saturated heterocycles. The Kier molecular flexibility index (Phi) is 8.19. The molecule has 1 aromatic carbocycles. The van der Waals surface area contributed by atoms with Gasteiger partial charge in [-0.15, -0.1) is 11.3 Å². The predicted octanol–water partition coefficient (Wildman–Crippen LogP) is 3.54. The monoisotopic (exact) mass is 531 g/mol. The first-order chi connectivity index (χ1) is 17.2. The Hall–Kier alpha value is -3.06. The van der Waals surface area contributed by atoms with Crippen LogP contribution in [0.15, 0.2) is 46.8 Å². The Morgan fingerprint density at radius 1 is 1.25 bits per heavy atom. The third-order valence-corrected chi connectivity index (χ3v) is 7.24. The Labute approximate surface area is 214 Å². The molecule has 0 spiro atoms. The largest absolute Gasteiger partial charge is 0.489 e. The van der Waals surface area contributed by atoms with Crippen LogP contribution in [0.25, 0.3) is 11.3 Å². The molecule has 2 aromatic heterocycles. The quantitative estimate of drug-likeness (QED) is 0.380. The van der Waals surface area contributed by atoms with Gasteiger partial charge in [0.15, 0.2) is 5.13 Å². The number of primary sulfonamides is 1. The molecule has 0 saturated carbocycles.